The van der Waals surface area contributed by atoms with Gasteiger partial charge in [0.15, 0.2) is 0 Å². The van der Waals surface area contributed by atoms with Crippen molar-refractivity contribution in [3.63, 3.8) is 0 Å². The van der Waals surface area contributed by atoms with Gasteiger partial charge in [-0.05, 0) is 36.6 Å². The second kappa shape index (κ2) is 7.39. The third-order valence-electron chi connectivity index (χ3n) is 3.46. The van der Waals surface area contributed by atoms with Crippen LogP contribution in [0.25, 0.3) is 0 Å². The minimum absolute atomic E-state index is 0.0337. The van der Waals surface area contributed by atoms with E-state index < -0.39 is 32.1 Å². The molecule has 1 N–H and O–H groups in total. The lowest BCUT2D eigenvalue weighted by Gasteiger charge is -2.09. The molecule has 2 rings (SSSR count). The zero-order valence-electron chi connectivity index (χ0n) is 13.0. The maximum atomic E-state index is 13.7. The quantitative estimate of drug-likeness (QED) is 0.605. The number of hydrogen-bond donors (Lipinski definition) is 1. The van der Waals surface area contributed by atoms with E-state index in [4.69, 9.17) is 0 Å². The van der Waals surface area contributed by atoms with Crippen molar-refractivity contribution in [3.8, 4) is 0 Å². The molecular weight excluding hydrogens is 335 g/mol. The van der Waals surface area contributed by atoms with Gasteiger partial charge in [-0.2, -0.15) is 0 Å². The molecule has 0 saturated heterocycles. The van der Waals surface area contributed by atoms with Crippen LogP contribution in [0.4, 0.5) is 15.8 Å². The Bertz CT molecular complexity index is 836. The number of rotatable bonds is 7. The summed E-state index contributed by atoms with van der Waals surface area (Å²) < 4.78 is 40.4. The first-order valence-corrected chi connectivity index (χ1v) is 8.87. The number of nitrogens with zero attached hydrogens (tertiary/aromatic N) is 1. The Labute approximate surface area is 139 Å². The van der Waals surface area contributed by atoms with E-state index in [9.17, 15) is 22.9 Å². The van der Waals surface area contributed by atoms with Crippen molar-refractivity contribution < 1.29 is 17.7 Å². The van der Waals surface area contributed by atoms with E-state index in [1.165, 1.54) is 12.1 Å². The summed E-state index contributed by atoms with van der Waals surface area (Å²) >= 11 is 0. The van der Waals surface area contributed by atoms with Crippen molar-refractivity contribution in [3.05, 3.63) is 64.0 Å². The van der Waals surface area contributed by atoms with Gasteiger partial charge in [-0.25, -0.2) is 12.8 Å². The topological polar surface area (TPSA) is 89.3 Å². The fourth-order valence-corrected chi connectivity index (χ4v) is 3.18. The summed E-state index contributed by atoms with van der Waals surface area (Å²) in [5.41, 5.74) is 0.153. The maximum Gasteiger partial charge on any atom is 0.271 e. The molecule has 128 valence electrons. The van der Waals surface area contributed by atoms with Crippen LogP contribution in [0.15, 0.2) is 47.4 Å². The number of sulfonamides is 1. The Hall–Kier alpha value is -2.48. The molecule has 0 bridgehead atoms. The highest BCUT2D eigenvalue weighted by Crippen LogP contribution is 2.24. The molecule has 24 heavy (non-hydrogen) atoms. The van der Waals surface area contributed by atoms with E-state index in [0.29, 0.717) is 0 Å². The van der Waals surface area contributed by atoms with Crippen molar-refractivity contribution in [2.45, 2.75) is 31.1 Å². The lowest BCUT2D eigenvalue weighted by atomic mass is 10.1. The fourth-order valence-electron chi connectivity index (χ4n) is 2.12. The Balaban J connectivity index is 2.25. The molecule has 0 aliphatic rings. The first-order chi connectivity index (χ1) is 11.3. The van der Waals surface area contributed by atoms with E-state index in [-0.39, 0.29) is 4.90 Å². The van der Waals surface area contributed by atoms with Gasteiger partial charge in [-0.3, -0.25) is 14.8 Å². The zero-order chi connectivity index (χ0) is 17.7. The van der Waals surface area contributed by atoms with Gasteiger partial charge in [0.05, 0.1) is 15.5 Å². The highest BCUT2D eigenvalue weighted by atomic mass is 32.2. The van der Waals surface area contributed by atoms with Gasteiger partial charge < -0.3 is 0 Å². The number of halogens is 1. The van der Waals surface area contributed by atoms with Gasteiger partial charge in [-0.1, -0.05) is 25.5 Å². The molecule has 2 aromatic carbocycles. The van der Waals surface area contributed by atoms with Crippen LogP contribution >= 0.6 is 0 Å². The van der Waals surface area contributed by atoms with Crippen molar-refractivity contribution >= 4 is 21.4 Å². The lowest BCUT2D eigenvalue weighted by Crippen LogP contribution is -2.14. The number of anilines is 1. The molecule has 0 aliphatic heterocycles. The molecule has 0 radical (unpaired) electrons. The van der Waals surface area contributed by atoms with Crippen LogP contribution in [0.5, 0.6) is 0 Å². The van der Waals surface area contributed by atoms with Crippen LogP contribution in [-0.2, 0) is 16.4 Å². The van der Waals surface area contributed by atoms with Crippen LogP contribution < -0.4 is 4.72 Å². The molecule has 2 aromatic rings. The molecule has 0 atom stereocenters. The molecule has 0 heterocycles. The third-order valence-corrected chi connectivity index (χ3v) is 4.84. The van der Waals surface area contributed by atoms with Crippen molar-refractivity contribution in [2.75, 3.05) is 4.72 Å². The van der Waals surface area contributed by atoms with E-state index in [2.05, 4.69) is 11.6 Å². The van der Waals surface area contributed by atoms with Gasteiger partial charge in [0.1, 0.15) is 5.82 Å². The van der Waals surface area contributed by atoms with Crippen LogP contribution in [-0.4, -0.2) is 13.3 Å². The van der Waals surface area contributed by atoms with Gasteiger partial charge in [-0.15, -0.1) is 0 Å². The second-order valence-corrected chi connectivity index (χ2v) is 6.96. The van der Waals surface area contributed by atoms with Gasteiger partial charge in [0.2, 0.25) is 0 Å². The molecule has 0 aromatic heterocycles. The number of nitro benzene ring substituents is 1. The van der Waals surface area contributed by atoms with Crippen molar-refractivity contribution in [2.24, 2.45) is 0 Å². The first kappa shape index (κ1) is 17.9. The predicted octanol–water partition coefficient (Wildman–Crippen LogP) is 3.88. The van der Waals surface area contributed by atoms with Crippen LogP contribution in [0, 0.1) is 15.9 Å². The Morgan fingerprint density at radius 2 is 1.83 bits per heavy atom. The number of nitrogens with one attached hydrogen (secondary N) is 1. The summed E-state index contributed by atoms with van der Waals surface area (Å²) in [5.74, 6) is -0.885. The molecule has 0 unspecified atom stereocenters. The number of aryl methyl sites for hydroxylation is 1. The zero-order valence-corrected chi connectivity index (χ0v) is 13.8. The maximum absolute atomic E-state index is 13.7. The summed E-state index contributed by atoms with van der Waals surface area (Å²) in [6.45, 7) is 2.07. The van der Waals surface area contributed by atoms with E-state index in [1.54, 1.807) is 12.1 Å². The summed E-state index contributed by atoms with van der Waals surface area (Å²) in [5, 5.41) is 10.7. The average molecular weight is 352 g/mol. The summed E-state index contributed by atoms with van der Waals surface area (Å²) in [4.78, 5) is 9.97. The SMILES string of the molecule is CCCCc1ccc(S(=O)(=O)Nc2cc([N+](=O)[O-])ccc2F)cc1. The van der Waals surface area contributed by atoms with E-state index >= 15 is 0 Å². The molecule has 0 aliphatic carbocycles. The number of nitro groups is 1. The summed E-state index contributed by atoms with van der Waals surface area (Å²) in [6, 6.07) is 8.94. The fraction of sp³-hybridized carbons (Fsp3) is 0.250. The third kappa shape index (κ3) is 4.29. The molecule has 0 amide bonds. The largest absolute Gasteiger partial charge is 0.276 e. The number of benzene rings is 2. The highest BCUT2D eigenvalue weighted by molar-refractivity contribution is 7.92. The number of non-ortho nitro benzene ring substituents is 1. The molecule has 0 saturated carbocycles. The van der Waals surface area contributed by atoms with Crippen molar-refractivity contribution in [1.82, 2.24) is 0 Å². The van der Waals surface area contributed by atoms with Crippen LogP contribution in [0.1, 0.15) is 25.3 Å². The van der Waals surface area contributed by atoms with Crippen molar-refractivity contribution in [1.29, 1.82) is 0 Å². The Morgan fingerprint density at radius 3 is 2.42 bits per heavy atom. The number of unbranched alkanes of at least 4 members (excludes halogenated alkanes) is 1. The van der Waals surface area contributed by atoms with Gasteiger partial charge >= 0.3 is 0 Å². The highest BCUT2D eigenvalue weighted by Gasteiger charge is 2.18. The molecule has 0 spiro atoms. The van der Waals surface area contributed by atoms with Gasteiger partial charge in [0.25, 0.3) is 15.7 Å². The van der Waals surface area contributed by atoms with Gasteiger partial charge in [0, 0.05) is 12.1 Å². The smallest absolute Gasteiger partial charge is 0.271 e. The molecular formula is C16H17FN2O4S. The number of hydrogen-bond acceptors (Lipinski definition) is 4. The van der Waals surface area contributed by atoms with Crippen LogP contribution in [0.2, 0.25) is 0 Å². The monoisotopic (exact) mass is 352 g/mol. The average Bonchev–Trinajstić information content (AvgIpc) is 2.55. The summed E-state index contributed by atoms with van der Waals surface area (Å²) in [6.07, 6.45) is 2.89. The molecule has 0 fully saturated rings. The minimum Gasteiger partial charge on any atom is -0.276 e. The Morgan fingerprint density at radius 1 is 1.17 bits per heavy atom. The van der Waals surface area contributed by atoms with E-state index in [1.807, 2.05) is 0 Å². The minimum atomic E-state index is -4.03. The van der Waals surface area contributed by atoms with E-state index in [0.717, 1.165) is 43.0 Å². The first-order valence-electron chi connectivity index (χ1n) is 7.39. The molecule has 8 heteroatoms. The summed E-state index contributed by atoms with van der Waals surface area (Å²) in [7, 11) is -4.03. The Kier molecular flexibility index (Phi) is 5.50. The standard InChI is InChI=1S/C16H17FN2O4S/c1-2-3-4-12-5-8-14(9-6-12)24(22,23)18-16-11-13(19(20)21)7-10-15(16)17/h5-11,18H,2-4H2,1H3. The van der Waals surface area contributed by atoms with Crippen LogP contribution in [0.3, 0.4) is 0 Å². The lowest BCUT2D eigenvalue weighted by molar-refractivity contribution is -0.384. The molecule has 6 nitrogen and oxygen atoms in total. The predicted molar refractivity (Wildman–Crippen MR) is 88.9 cm³/mol. The normalized spacial score (nSPS) is 11.2. The second-order valence-electron chi connectivity index (χ2n) is 5.27.